The van der Waals surface area contributed by atoms with E-state index in [-0.39, 0.29) is 52.7 Å². The highest BCUT2D eigenvalue weighted by Gasteiger charge is 2.34. The van der Waals surface area contributed by atoms with Gasteiger partial charge in [-0.2, -0.15) is 0 Å². The van der Waals surface area contributed by atoms with Crippen molar-refractivity contribution in [3.8, 4) is 11.5 Å². The Morgan fingerprint density at radius 3 is 1.51 bits per heavy atom. The molecule has 0 unspecified atom stereocenters. The predicted octanol–water partition coefficient (Wildman–Crippen LogP) is 11.3. The molecule has 0 aliphatic heterocycles. The van der Waals surface area contributed by atoms with Gasteiger partial charge in [-0.25, -0.2) is 19.2 Å². The summed E-state index contributed by atoms with van der Waals surface area (Å²) in [6, 6.07) is 33.1. The second kappa shape index (κ2) is 36.2. The molecule has 410 valence electrons. The van der Waals surface area contributed by atoms with Crippen molar-refractivity contribution in [3.63, 3.8) is 0 Å². The van der Waals surface area contributed by atoms with Crippen LogP contribution in [0.25, 0.3) is 0 Å². The first-order valence-corrected chi connectivity index (χ1v) is 24.9. The number of nitrogens with zero attached hydrogens (tertiary/aromatic N) is 1. The maximum absolute atomic E-state index is 12.9. The number of hydrogen-bond acceptors (Lipinski definition) is 12. The molecular formula is C58H86N4O12. The van der Waals surface area contributed by atoms with E-state index in [4.69, 9.17) is 28.4 Å². The van der Waals surface area contributed by atoms with Crippen LogP contribution < -0.4 is 25.4 Å². The van der Waals surface area contributed by atoms with Crippen LogP contribution in [0.15, 0.2) is 109 Å². The second-order valence-electron chi connectivity index (χ2n) is 18.3. The fraction of sp³-hybridized carbons (Fsp3) is 0.500. The lowest BCUT2D eigenvalue weighted by atomic mass is 10.1. The van der Waals surface area contributed by atoms with Crippen molar-refractivity contribution < 1.29 is 57.5 Å². The van der Waals surface area contributed by atoms with E-state index >= 15 is 0 Å². The molecule has 4 N–H and O–H groups in total. The fourth-order valence-electron chi connectivity index (χ4n) is 7.31. The van der Waals surface area contributed by atoms with Gasteiger partial charge in [0, 0.05) is 19.6 Å². The standard InChI is InChI=1S/C30H42N2O7.C26H36N2O5.2CH4/c1-6-13-25(27(33)34)32(29(36)39-30(3,4)5)20-22(2)38-26-18-11-10-16-24(26)17-12-19-31-28(35)37-21-23-14-8-7-9-15-23;1-4-11-23(25(29)31-3)28-18-20(2)33-24-16-9-8-14-22(24)15-10-17-27-26(30)32-19-21-12-6-5-7-13-21;;/h7-11,14-16,18,22,25H,6,12-13,17,19-21H2,1-5H3,(H,31,35)(H,33,34);5-9,12-14,16,20,23,28H,4,10-11,15,17-19H2,1-3H3,(H,27,30);2*1H4/t22-,25+;20-,23+;;/m11../s1. The lowest BCUT2D eigenvalue weighted by Gasteiger charge is -2.33. The Balaban J connectivity index is 0.000000730. The van der Waals surface area contributed by atoms with Crippen LogP contribution in [0.4, 0.5) is 14.4 Å². The van der Waals surface area contributed by atoms with Crippen molar-refractivity contribution in [1.29, 1.82) is 0 Å². The van der Waals surface area contributed by atoms with Crippen LogP contribution in [0.2, 0.25) is 0 Å². The quantitative estimate of drug-likeness (QED) is 0.0238. The number of carbonyl (C=O) groups excluding carboxylic acids is 4. The normalized spacial score (nSPS) is 12.2. The van der Waals surface area contributed by atoms with Crippen molar-refractivity contribution in [2.45, 2.75) is 158 Å². The zero-order valence-electron chi connectivity index (χ0n) is 43.5. The molecule has 0 aliphatic carbocycles. The van der Waals surface area contributed by atoms with E-state index in [9.17, 15) is 29.1 Å². The minimum atomic E-state index is -1.08. The summed E-state index contributed by atoms with van der Waals surface area (Å²) in [6.45, 7) is 14.9. The average molecular weight is 1030 g/mol. The number of esters is 1. The minimum Gasteiger partial charge on any atom is -0.489 e. The first-order valence-electron chi connectivity index (χ1n) is 24.9. The van der Waals surface area contributed by atoms with Crippen molar-refractivity contribution in [2.75, 3.05) is 33.3 Å². The molecule has 0 saturated heterocycles. The number of methoxy groups -OCH3 is 1. The van der Waals surface area contributed by atoms with Gasteiger partial charge < -0.3 is 49.5 Å². The zero-order valence-corrected chi connectivity index (χ0v) is 43.5. The summed E-state index contributed by atoms with van der Waals surface area (Å²) >= 11 is 0. The summed E-state index contributed by atoms with van der Waals surface area (Å²) in [5.74, 6) is 0.121. The second-order valence-corrected chi connectivity index (χ2v) is 18.3. The number of nitrogens with one attached hydrogen (secondary N) is 3. The van der Waals surface area contributed by atoms with Crippen molar-refractivity contribution in [3.05, 3.63) is 131 Å². The molecule has 74 heavy (non-hydrogen) atoms. The Bertz CT molecular complexity index is 2210. The lowest BCUT2D eigenvalue weighted by Crippen LogP contribution is -2.50. The highest BCUT2D eigenvalue weighted by Crippen LogP contribution is 2.24. The van der Waals surface area contributed by atoms with E-state index < -0.39 is 42.0 Å². The molecule has 0 fully saturated rings. The van der Waals surface area contributed by atoms with Gasteiger partial charge >= 0.3 is 30.2 Å². The van der Waals surface area contributed by atoms with Crippen molar-refractivity contribution >= 4 is 30.2 Å². The predicted molar refractivity (Wildman–Crippen MR) is 290 cm³/mol. The average Bonchev–Trinajstić information content (AvgIpc) is 3.36. The summed E-state index contributed by atoms with van der Waals surface area (Å²) in [5, 5.41) is 18.6. The number of alkyl carbamates (subject to hydrolysis) is 2. The van der Waals surface area contributed by atoms with Crippen LogP contribution in [0, 0.1) is 0 Å². The smallest absolute Gasteiger partial charge is 0.411 e. The van der Waals surface area contributed by atoms with Crippen molar-refractivity contribution in [2.24, 2.45) is 0 Å². The van der Waals surface area contributed by atoms with E-state index in [2.05, 4.69) is 16.0 Å². The van der Waals surface area contributed by atoms with Gasteiger partial charge in [-0.05, 0) is 108 Å². The summed E-state index contributed by atoms with van der Waals surface area (Å²) in [6.07, 6.45) is 3.14. The Morgan fingerprint density at radius 1 is 0.635 bits per heavy atom. The third kappa shape index (κ3) is 26.2. The maximum atomic E-state index is 12.9. The number of carbonyl (C=O) groups is 5. The van der Waals surface area contributed by atoms with E-state index in [0.29, 0.717) is 51.1 Å². The van der Waals surface area contributed by atoms with Gasteiger partial charge in [0.2, 0.25) is 0 Å². The number of carboxylic acid groups (broad SMARTS) is 1. The molecule has 0 heterocycles. The zero-order chi connectivity index (χ0) is 52.7. The number of ether oxygens (including phenoxy) is 6. The molecule has 4 rings (SSSR count). The SMILES string of the molecule is C.C.CCC[C@@H](C(=O)O)N(C[C@@H](C)Oc1ccccc1CCCNC(=O)OCc1ccccc1)C(=O)OC(C)(C)C.CCC[C@H](NC[C@@H](C)Oc1ccccc1CCCNC(=O)OCc1ccccc1)C(=O)OC. The van der Waals surface area contributed by atoms with Gasteiger partial charge in [0.1, 0.15) is 54.6 Å². The largest absolute Gasteiger partial charge is 0.489 e. The molecule has 0 spiro atoms. The maximum Gasteiger partial charge on any atom is 0.411 e. The Kier molecular flexibility index (Phi) is 31.9. The molecular weight excluding hydrogens is 945 g/mol. The summed E-state index contributed by atoms with van der Waals surface area (Å²) in [7, 11) is 1.40. The summed E-state index contributed by atoms with van der Waals surface area (Å²) < 4.78 is 33.1. The number of rotatable bonds is 28. The van der Waals surface area contributed by atoms with E-state index in [1.165, 1.54) is 12.0 Å². The first kappa shape index (κ1) is 65.2. The van der Waals surface area contributed by atoms with E-state index in [0.717, 1.165) is 53.7 Å². The third-order valence-corrected chi connectivity index (χ3v) is 10.8. The van der Waals surface area contributed by atoms with Crippen LogP contribution in [-0.2, 0) is 54.6 Å². The fourth-order valence-corrected chi connectivity index (χ4v) is 7.31. The monoisotopic (exact) mass is 1030 g/mol. The molecule has 4 atom stereocenters. The minimum absolute atomic E-state index is 0. The van der Waals surface area contributed by atoms with Crippen LogP contribution in [-0.4, -0.2) is 103 Å². The van der Waals surface area contributed by atoms with Gasteiger partial charge in [0.05, 0.1) is 13.7 Å². The Morgan fingerprint density at radius 2 is 1.08 bits per heavy atom. The van der Waals surface area contributed by atoms with Gasteiger partial charge in [0.25, 0.3) is 0 Å². The van der Waals surface area contributed by atoms with Crippen LogP contribution in [0.3, 0.4) is 0 Å². The van der Waals surface area contributed by atoms with Crippen LogP contribution in [0.1, 0.15) is 124 Å². The number of amides is 3. The van der Waals surface area contributed by atoms with Crippen molar-refractivity contribution in [1.82, 2.24) is 20.9 Å². The number of aryl methyl sites for hydroxylation is 2. The summed E-state index contributed by atoms with van der Waals surface area (Å²) in [4.78, 5) is 61.9. The first-order chi connectivity index (χ1) is 34.5. The molecule has 16 heteroatoms. The Labute approximate surface area is 441 Å². The highest BCUT2D eigenvalue weighted by molar-refractivity contribution is 5.80. The van der Waals surface area contributed by atoms with Gasteiger partial charge in [-0.15, -0.1) is 0 Å². The van der Waals surface area contributed by atoms with E-state index in [1.54, 1.807) is 27.7 Å². The van der Waals surface area contributed by atoms with Gasteiger partial charge in [0.15, 0.2) is 0 Å². The number of carboxylic acids is 1. The van der Waals surface area contributed by atoms with Crippen LogP contribution >= 0.6 is 0 Å². The van der Waals surface area contributed by atoms with Gasteiger partial charge in [-0.1, -0.05) is 139 Å². The van der Waals surface area contributed by atoms with Gasteiger partial charge in [-0.3, -0.25) is 9.69 Å². The molecule has 3 amide bonds. The van der Waals surface area contributed by atoms with E-state index in [1.807, 2.05) is 130 Å². The number of para-hydroxylation sites is 2. The lowest BCUT2D eigenvalue weighted by molar-refractivity contribution is -0.144. The molecule has 0 aliphatic rings. The number of benzene rings is 4. The molecule has 0 bridgehead atoms. The summed E-state index contributed by atoms with van der Waals surface area (Å²) in [5.41, 5.74) is 3.12. The molecule has 0 saturated carbocycles. The molecule has 16 nitrogen and oxygen atoms in total. The topological polar surface area (TPSA) is 200 Å². The number of hydrogen-bond donors (Lipinski definition) is 4. The molecule has 4 aromatic rings. The Hall–Kier alpha value is -6.81. The molecule has 0 aromatic heterocycles. The molecule has 0 radical (unpaired) electrons. The number of aliphatic carboxylic acids is 1. The highest BCUT2D eigenvalue weighted by atomic mass is 16.6. The molecule has 4 aromatic carbocycles. The van der Waals surface area contributed by atoms with Crippen LogP contribution in [0.5, 0.6) is 11.5 Å². The third-order valence-electron chi connectivity index (χ3n) is 10.8.